The van der Waals surface area contributed by atoms with Gasteiger partial charge in [-0.05, 0) is 60.0 Å². The van der Waals surface area contributed by atoms with E-state index in [-0.39, 0.29) is 23.7 Å². The van der Waals surface area contributed by atoms with Crippen LogP contribution in [0.1, 0.15) is 24.4 Å². The Labute approximate surface area is 146 Å². The van der Waals surface area contributed by atoms with E-state index in [1.54, 1.807) is 24.3 Å². The van der Waals surface area contributed by atoms with E-state index in [0.29, 0.717) is 5.75 Å². The van der Waals surface area contributed by atoms with Gasteiger partial charge in [0.15, 0.2) is 0 Å². The molecule has 1 saturated heterocycles. The lowest BCUT2D eigenvalue weighted by Gasteiger charge is -2.34. The Morgan fingerprint density at radius 3 is 2.80 bits per heavy atom. The molecule has 0 amide bonds. The lowest BCUT2D eigenvalue weighted by atomic mass is 9.90. The van der Waals surface area contributed by atoms with E-state index >= 15 is 0 Å². The molecule has 1 fully saturated rings. The molecule has 4 heteroatoms. The SMILES string of the molecule is Oc1cc(C2NCCCC2Oc2cccc(F)c2)c2ccccc2c1. The van der Waals surface area contributed by atoms with Gasteiger partial charge in [0, 0.05) is 6.07 Å². The van der Waals surface area contributed by atoms with E-state index in [9.17, 15) is 9.50 Å². The number of hydrogen-bond acceptors (Lipinski definition) is 3. The number of ether oxygens (including phenoxy) is 1. The number of phenols is 1. The van der Waals surface area contributed by atoms with Crippen LogP contribution >= 0.6 is 0 Å². The van der Waals surface area contributed by atoms with Gasteiger partial charge in [-0.1, -0.05) is 30.3 Å². The second kappa shape index (κ2) is 6.73. The predicted octanol–water partition coefficient (Wildman–Crippen LogP) is 4.56. The Kier molecular flexibility index (Phi) is 4.28. The van der Waals surface area contributed by atoms with Crippen molar-refractivity contribution in [3.05, 3.63) is 72.0 Å². The summed E-state index contributed by atoms with van der Waals surface area (Å²) in [5, 5.41) is 15.7. The number of aromatic hydroxyl groups is 1. The van der Waals surface area contributed by atoms with Crippen LogP contribution in [0.3, 0.4) is 0 Å². The molecular weight excluding hydrogens is 317 g/mol. The normalized spacial score (nSPS) is 20.5. The molecule has 2 atom stereocenters. The highest BCUT2D eigenvalue weighted by atomic mass is 19.1. The molecule has 0 saturated carbocycles. The molecule has 1 aliphatic rings. The molecule has 0 bridgehead atoms. The minimum Gasteiger partial charge on any atom is -0.508 e. The molecule has 0 radical (unpaired) electrons. The van der Waals surface area contributed by atoms with Crippen LogP contribution in [0.2, 0.25) is 0 Å². The highest BCUT2D eigenvalue weighted by molar-refractivity contribution is 5.87. The lowest BCUT2D eigenvalue weighted by Crippen LogP contribution is -2.41. The number of halogens is 1. The third-order valence-electron chi connectivity index (χ3n) is 4.70. The number of hydrogen-bond donors (Lipinski definition) is 2. The molecule has 0 aliphatic carbocycles. The molecule has 0 spiro atoms. The van der Waals surface area contributed by atoms with Crippen molar-refractivity contribution in [2.45, 2.75) is 25.0 Å². The zero-order valence-electron chi connectivity index (χ0n) is 13.8. The molecule has 2 unspecified atom stereocenters. The highest BCUT2D eigenvalue weighted by Gasteiger charge is 2.29. The zero-order valence-corrected chi connectivity index (χ0v) is 13.8. The van der Waals surface area contributed by atoms with Crippen LogP contribution in [0.25, 0.3) is 10.8 Å². The average Bonchev–Trinajstić information content (AvgIpc) is 2.61. The summed E-state index contributed by atoms with van der Waals surface area (Å²) in [5.74, 6) is 0.467. The van der Waals surface area contributed by atoms with Gasteiger partial charge < -0.3 is 15.2 Å². The van der Waals surface area contributed by atoms with Crippen molar-refractivity contribution in [1.29, 1.82) is 0 Å². The van der Waals surface area contributed by atoms with E-state index in [1.165, 1.54) is 12.1 Å². The van der Waals surface area contributed by atoms with Crippen LogP contribution < -0.4 is 10.1 Å². The Balaban J connectivity index is 1.72. The number of phenolic OH excluding ortho intramolecular Hbond substituents is 1. The first-order chi connectivity index (χ1) is 12.2. The van der Waals surface area contributed by atoms with Crippen molar-refractivity contribution in [1.82, 2.24) is 5.32 Å². The summed E-state index contributed by atoms with van der Waals surface area (Å²) in [5.41, 5.74) is 1.01. The second-order valence-corrected chi connectivity index (χ2v) is 6.44. The fraction of sp³-hybridized carbons (Fsp3) is 0.238. The van der Waals surface area contributed by atoms with Crippen molar-refractivity contribution < 1.29 is 14.2 Å². The fourth-order valence-electron chi connectivity index (χ4n) is 3.59. The number of rotatable bonds is 3. The molecule has 1 aliphatic heterocycles. The Hall–Kier alpha value is -2.59. The van der Waals surface area contributed by atoms with E-state index in [4.69, 9.17) is 4.74 Å². The third-order valence-corrected chi connectivity index (χ3v) is 4.70. The number of benzene rings is 3. The molecule has 4 rings (SSSR count). The third kappa shape index (κ3) is 3.30. The monoisotopic (exact) mass is 337 g/mol. The first-order valence-electron chi connectivity index (χ1n) is 8.58. The van der Waals surface area contributed by atoms with Crippen LogP contribution in [-0.4, -0.2) is 17.8 Å². The Morgan fingerprint density at radius 2 is 1.92 bits per heavy atom. The average molecular weight is 337 g/mol. The van der Waals surface area contributed by atoms with E-state index in [0.717, 1.165) is 35.7 Å². The van der Waals surface area contributed by atoms with Gasteiger partial charge in [-0.25, -0.2) is 4.39 Å². The molecule has 3 aromatic carbocycles. The topological polar surface area (TPSA) is 41.5 Å². The number of nitrogens with one attached hydrogen (secondary N) is 1. The molecule has 2 N–H and O–H groups in total. The molecule has 128 valence electrons. The van der Waals surface area contributed by atoms with Crippen molar-refractivity contribution in [3.8, 4) is 11.5 Å². The Bertz CT molecular complexity index is 896. The molecule has 3 nitrogen and oxygen atoms in total. The van der Waals surface area contributed by atoms with E-state index < -0.39 is 0 Å². The van der Waals surface area contributed by atoms with Crippen LogP contribution in [0.15, 0.2) is 60.7 Å². The van der Waals surface area contributed by atoms with Crippen molar-refractivity contribution in [3.63, 3.8) is 0 Å². The molecule has 0 aromatic heterocycles. The van der Waals surface area contributed by atoms with Gasteiger partial charge >= 0.3 is 0 Å². The molecular formula is C21H20FNO2. The van der Waals surface area contributed by atoms with Gasteiger partial charge in [-0.15, -0.1) is 0 Å². The fourth-order valence-corrected chi connectivity index (χ4v) is 3.59. The van der Waals surface area contributed by atoms with Gasteiger partial charge in [0.25, 0.3) is 0 Å². The summed E-state index contributed by atoms with van der Waals surface area (Å²) in [4.78, 5) is 0. The van der Waals surface area contributed by atoms with Crippen molar-refractivity contribution in [2.24, 2.45) is 0 Å². The first kappa shape index (κ1) is 15.9. The quantitative estimate of drug-likeness (QED) is 0.736. The minimum atomic E-state index is -0.305. The maximum Gasteiger partial charge on any atom is 0.126 e. The molecule has 3 aromatic rings. The van der Waals surface area contributed by atoms with Crippen molar-refractivity contribution in [2.75, 3.05) is 6.54 Å². The minimum absolute atomic E-state index is 0.0611. The summed E-state index contributed by atoms with van der Waals surface area (Å²) in [6.45, 7) is 0.887. The van der Waals surface area contributed by atoms with Crippen LogP contribution in [0, 0.1) is 5.82 Å². The maximum absolute atomic E-state index is 13.5. The molecule has 1 heterocycles. The maximum atomic E-state index is 13.5. The van der Waals surface area contributed by atoms with Gasteiger partial charge in [-0.2, -0.15) is 0 Å². The summed E-state index contributed by atoms with van der Waals surface area (Å²) in [6.07, 6.45) is 1.74. The summed E-state index contributed by atoms with van der Waals surface area (Å²) in [6, 6.07) is 17.7. The van der Waals surface area contributed by atoms with E-state index in [1.807, 2.05) is 18.2 Å². The lowest BCUT2D eigenvalue weighted by molar-refractivity contribution is 0.120. The van der Waals surface area contributed by atoms with Crippen LogP contribution in [0.4, 0.5) is 4.39 Å². The number of piperidine rings is 1. The van der Waals surface area contributed by atoms with Crippen LogP contribution in [0.5, 0.6) is 11.5 Å². The second-order valence-electron chi connectivity index (χ2n) is 6.44. The smallest absolute Gasteiger partial charge is 0.126 e. The highest BCUT2D eigenvalue weighted by Crippen LogP contribution is 2.34. The van der Waals surface area contributed by atoms with Gasteiger partial charge in [0.05, 0.1) is 6.04 Å². The summed E-state index contributed by atoms with van der Waals surface area (Å²) >= 11 is 0. The Morgan fingerprint density at radius 1 is 1.04 bits per heavy atom. The number of fused-ring (bicyclic) bond motifs is 1. The van der Waals surface area contributed by atoms with Gasteiger partial charge in [-0.3, -0.25) is 0 Å². The van der Waals surface area contributed by atoms with E-state index in [2.05, 4.69) is 11.4 Å². The zero-order chi connectivity index (χ0) is 17.2. The summed E-state index contributed by atoms with van der Waals surface area (Å²) < 4.78 is 19.6. The largest absolute Gasteiger partial charge is 0.508 e. The molecule has 25 heavy (non-hydrogen) atoms. The van der Waals surface area contributed by atoms with Gasteiger partial charge in [0.2, 0.25) is 0 Å². The first-order valence-corrected chi connectivity index (χ1v) is 8.58. The predicted molar refractivity (Wildman–Crippen MR) is 96.4 cm³/mol. The standard InChI is InChI=1S/C21H20FNO2/c22-15-6-3-7-17(12-15)25-20-9-4-10-23-21(20)19-13-16(24)11-14-5-1-2-8-18(14)19/h1-3,5-8,11-13,20-21,23-24H,4,9-10H2. The van der Waals surface area contributed by atoms with Crippen molar-refractivity contribution >= 4 is 10.8 Å². The van der Waals surface area contributed by atoms with Crippen LogP contribution in [-0.2, 0) is 0 Å². The van der Waals surface area contributed by atoms with Gasteiger partial charge in [0.1, 0.15) is 23.4 Å². The summed E-state index contributed by atoms with van der Waals surface area (Å²) in [7, 11) is 0.